The zero-order valence-corrected chi connectivity index (χ0v) is 14.6. The zero-order valence-electron chi connectivity index (χ0n) is 13.9. The van der Waals surface area contributed by atoms with Crippen molar-refractivity contribution in [1.82, 2.24) is 9.80 Å². The maximum Gasteiger partial charge on any atom is 0.0900 e. The van der Waals surface area contributed by atoms with E-state index in [0.717, 1.165) is 37.7 Å². The van der Waals surface area contributed by atoms with Gasteiger partial charge in [0, 0.05) is 56.8 Å². The van der Waals surface area contributed by atoms with Crippen LogP contribution in [0.15, 0.2) is 24.3 Å². The molecule has 1 saturated carbocycles. The van der Waals surface area contributed by atoms with Crippen molar-refractivity contribution in [3.8, 4) is 0 Å². The zero-order chi connectivity index (χ0) is 16.3. The van der Waals surface area contributed by atoms with Gasteiger partial charge in [-0.05, 0) is 30.5 Å². The van der Waals surface area contributed by atoms with Crippen molar-refractivity contribution in [2.45, 2.75) is 24.4 Å². The second kappa shape index (κ2) is 7.49. The van der Waals surface area contributed by atoms with E-state index in [1.165, 1.54) is 18.4 Å². The fourth-order valence-electron chi connectivity index (χ4n) is 3.59. The van der Waals surface area contributed by atoms with Crippen molar-refractivity contribution in [2.24, 2.45) is 0 Å². The van der Waals surface area contributed by atoms with E-state index >= 15 is 0 Å². The SMILES string of the molecule is COC[C@@H](O)CN1CCN(CC2(c3ccc(Cl)cc3)CC2)CC1. The maximum absolute atomic E-state index is 9.84. The van der Waals surface area contributed by atoms with Crippen LogP contribution in [0.3, 0.4) is 0 Å². The summed E-state index contributed by atoms with van der Waals surface area (Å²) < 4.78 is 5.00. The summed E-state index contributed by atoms with van der Waals surface area (Å²) in [6.45, 7) is 6.48. The third-order valence-corrected chi connectivity index (χ3v) is 5.38. The molecule has 4 nitrogen and oxygen atoms in total. The highest BCUT2D eigenvalue weighted by Crippen LogP contribution is 2.49. The molecule has 0 radical (unpaired) electrons. The Labute approximate surface area is 144 Å². The summed E-state index contributed by atoms with van der Waals surface area (Å²) in [4.78, 5) is 4.91. The van der Waals surface area contributed by atoms with Gasteiger partial charge in [-0.3, -0.25) is 9.80 Å². The highest BCUT2D eigenvalue weighted by atomic mass is 35.5. The van der Waals surface area contributed by atoms with Crippen molar-refractivity contribution < 1.29 is 9.84 Å². The number of aliphatic hydroxyl groups excluding tert-OH is 1. The van der Waals surface area contributed by atoms with Gasteiger partial charge in [-0.15, -0.1) is 0 Å². The standard InChI is InChI=1S/C18H27ClN2O2/c1-23-13-17(22)12-20-8-10-21(11-9-20)14-18(6-7-18)15-2-4-16(19)5-3-15/h2-5,17,22H,6-14H2,1H3/t17-/m0/s1. The Kier molecular flexibility index (Phi) is 5.60. The van der Waals surface area contributed by atoms with Crippen molar-refractivity contribution >= 4 is 11.6 Å². The molecule has 1 aliphatic carbocycles. The molecule has 0 unspecified atom stereocenters. The second-order valence-corrected chi connectivity index (χ2v) is 7.41. The molecule has 1 atom stereocenters. The van der Waals surface area contributed by atoms with Crippen molar-refractivity contribution in [2.75, 3.05) is 53.0 Å². The van der Waals surface area contributed by atoms with Gasteiger partial charge in [-0.2, -0.15) is 0 Å². The Balaban J connectivity index is 1.48. The lowest BCUT2D eigenvalue weighted by atomic mass is 9.95. The number of ether oxygens (including phenoxy) is 1. The normalized spacial score (nSPS) is 22.9. The monoisotopic (exact) mass is 338 g/mol. The van der Waals surface area contributed by atoms with Gasteiger partial charge in [-0.1, -0.05) is 23.7 Å². The lowest BCUT2D eigenvalue weighted by Gasteiger charge is -2.37. The minimum atomic E-state index is -0.379. The number of nitrogens with zero attached hydrogens (tertiary/aromatic N) is 2. The molecule has 128 valence electrons. The molecule has 1 aliphatic heterocycles. The first kappa shape index (κ1) is 17.2. The van der Waals surface area contributed by atoms with Gasteiger partial charge in [0.1, 0.15) is 0 Å². The van der Waals surface area contributed by atoms with E-state index in [0.29, 0.717) is 18.6 Å². The van der Waals surface area contributed by atoms with E-state index < -0.39 is 0 Å². The van der Waals surface area contributed by atoms with Gasteiger partial charge in [0.2, 0.25) is 0 Å². The van der Waals surface area contributed by atoms with Gasteiger partial charge in [0.25, 0.3) is 0 Å². The van der Waals surface area contributed by atoms with Gasteiger partial charge < -0.3 is 9.84 Å². The average molecular weight is 339 g/mol. The van der Waals surface area contributed by atoms with Crippen LogP contribution in [0.2, 0.25) is 5.02 Å². The smallest absolute Gasteiger partial charge is 0.0900 e. The molecule has 0 aromatic heterocycles. The number of hydrogen-bond donors (Lipinski definition) is 1. The fraction of sp³-hybridized carbons (Fsp3) is 0.667. The van der Waals surface area contributed by atoms with Gasteiger partial charge >= 0.3 is 0 Å². The van der Waals surface area contributed by atoms with Gasteiger partial charge in [-0.25, -0.2) is 0 Å². The molecular weight excluding hydrogens is 312 g/mol. The lowest BCUT2D eigenvalue weighted by molar-refractivity contribution is 0.0229. The minimum Gasteiger partial charge on any atom is -0.389 e. The van der Waals surface area contributed by atoms with E-state index in [9.17, 15) is 5.11 Å². The van der Waals surface area contributed by atoms with Crippen LogP contribution in [0, 0.1) is 0 Å². The first-order valence-corrected chi connectivity index (χ1v) is 8.87. The molecule has 0 bridgehead atoms. The van der Waals surface area contributed by atoms with Crippen LogP contribution in [0.1, 0.15) is 18.4 Å². The van der Waals surface area contributed by atoms with Gasteiger partial charge in [0.05, 0.1) is 12.7 Å². The number of β-amino-alcohol motifs (C(OH)–C–C–N with tert-alkyl or cyclic N) is 1. The summed E-state index contributed by atoms with van der Waals surface area (Å²) in [5, 5.41) is 10.7. The van der Waals surface area contributed by atoms with Crippen LogP contribution in [0.25, 0.3) is 0 Å². The van der Waals surface area contributed by atoms with Gasteiger partial charge in [0.15, 0.2) is 0 Å². The Morgan fingerprint density at radius 1 is 1.13 bits per heavy atom. The third-order valence-electron chi connectivity index (χ3n) is 5.13. The predicted octanol–water partition coefficient (Wildman–Crippen LogP) is 2.00. The molecule has 1 N–H and O–H groups in total. The molecule has 5 heteroatoms. The number of rotatable bonds is 7. The fourth-order valence-corrected chi connectivity index (χ4v) is 3.72. The van der Waals surface area contributed by atoms with E-state index in [4.69, 9.17) is 16.3 Å². The number of piperazine rings is 1. The van der Waals surface area contributed by atoms with Crippen LogP contribution in [-0.2, 0) is 10.2 Å². The summed E-state index contributed by atoms with van der Waals surface area (Å²) in [5.41, 5.74) is 1.78. The quantitative estimate of drug-likeness (QED) is 0.825. The molecule has 1 saturated heterocycles. The molecule has 2 aliphatic rings. The van der Waals surface area contributed by atoms with Crippen LogP contribution in [0.5, 0.6) is 0 Å². The minimum absolute atomic E-state index is 0.350. The molecule has 0 amide bonds. The van der Waals surface area contributed by atoms with Crippen molar-refractivity contribution in [1.29, 1.82) is 0 Å². The molecule has 1 heterocycles. The Morgan fingerprint density at radius 2 is 1.74 bits per heavy atom. The summed E-state index contributed by atoms with van der Waals surface area (Å²) in [5.74, 6) is 0. The number of benzene rings is 1. The Hall–Kier alpha value is -0.650. The summed E-state index contributed by atoms with van der Waals surface area (Å²) in [7, 11) is 1.63. The predicted molar refractivity (Wildman–Crippen MR) is 93.1 cm³/mol. The number of aliphatic hydroxyl groups is 1. The lowest BCUT2D eigenvalue weighted by Crippen LogP contribution is -2.50. The molecule has 23 heavy (non-hydrogen) atoms. The topological polar surface area (TPSA) is 35.9 Å². The van der Waals surface area contributed by atoms with Crippen LogP contribution in [0.4, 0.5) is 0 Å². The summed E-state index contributed by atoms with van der Waals surface area (Å²) in [6, 6.07) is 8.39. The van der Waals surface area contributed by atoms with Crippen LogP contribution >= 0.6 is 11.6 Å². The average Bonchev–Trinajstić information content (AvgIpc) is 3.31. The highest BCUT2D eigenvalue weighted by molar-refractivity contribution is 6.30. The summed E-state index contributed by atoms with van der Waals surface area (Å²) in [6.07, 6.45) is 2.18. The molecule has 3 rings (SSSR count). The number of methoxy groups -OCH3 is 1. The molecular formula is C18H27ClN2O2. The largest absolute Gasteiger partial charge is 0.389 e. The molecule has 0 spiro atoms. The Morgan fingerprint density at radius 3 is 2.30 bits per heavy atom. The van der Waals surface area contributed by atoms with E-state index in [2.05, 4.69) is 21.9 Å². The number of halogens is 1. The number of hydrogen-bond acceptors (Lipinski definition) is 4. The van der Waals surface area contributed by atoms with Crippen molar-refractivity contribution in [3.05, 3.63) is 34.9 Å². The Bertz CT molecular complexity index is 496. The maximum atomic E-state index is 9.84. The van der Waals surface area contributed by atoms with E-state index in [-0.39, 0.29) is 6.10 Å². The molecule has 1 aromatic rings. The first-order valence-electron chi connectivity index (χ1n) is 8.49. The first-order chi connectivity index (χ1) is 11.1. The summed E-state index contributed by atoms with van der Waals surface area (Å²) >= 11 is 6.01. The van der Waals surface area contributed by atoms with Crippen LogP contribution < -0.4 is 0 Å². The van der Waals surface area contributed by atoms with Crippen molar-refractivity contribution in [3.63, 3.8) is 0 Å². The van der Waals surface area contributed by atoms with E-state index in [1.807, 2.05) is 12.1 Å². The molecule has 1 aromatic carbocycles. The molecule has 2 fully saturated rings. The highest BCUT2D eigenvalue weighted by Gasteiger charge is 2.45. The third kappa shape index (κ3) is 4.46. The second-order valence-electron chi connectivity index (χ2n) is 6.97. The van der Waals surface area contributed by atoms with Crippen LogP contribution in [-0.4, -0.2) is 74.0 Å². The van der Waals surface area contributed by atoms with E-state index in [1.54, 1.807) is 7.11 Å².